The summed E-state index contributed by atoms with van der Waals surface area (Å²) in [5.74, 6) is 0.354. The second kappa shape index (κ2) is 4.28. The van der Waals surface area contributed by atoms with Gasteiger partial charge in [0.2, 0.25) is 0 Å². The predicted octanol–water partition coefficient (Wildman–Crippen LogP) is 2.37. The molecular weight excluding hydrogens is 236 g/mol. The SMILES string of the molecule is CCOc1cc(C=O)c(Br)cc1O. The fourth-order valence-corrected chi connectivity index (χ4v) is 1.34. The molecule has 70 valence electrons. The Morgan fingerprint density at radius 3 is 2.85 bits per heavy atom. The molecule has 0 atom stereocenters. The van der Waals surface area contributed by atoms with Crippen LogP contribution in [0.4, 0.5) is 0 Å². The van der Waals surface area contributed by atoms with Crippen LogP contribution in [0.15, 0.2) is 16.6 Å². The fourth-order valence-electron chi connectivity index (χ4n) is 0.920. The lowest BCUT2D eigenvalue weighted by atomic mass is 10.2. The minimum atomic E-state index is 0.0272. The Balaban J connectivity index is 3.14. The molecule has 1 aromatic rings. The van der Waals surface area contributed by atoms with E-state index in [0.717, 1.165) is 0 Å². The quantitative estimate of drug-likeness (QED) is 0.831. The topological polar surface area (TPSA) is 46.5 Å². The molecule has 4 heteroatoms. The van der Waals surface area contributed by atoms with E-state index in [0.29, 0.717) is 28.7 Å². The number of phenolic OH excluding ortho intramolecular Hbond substituents is 1. The summed E-state index contributed by atoms with van der Waals surface area (Å²) in [4.78, 5) is 10.5. The second-order valence-corrected chi connectivity index (χ2v) is 3.25. The van der Waals surface area contributed by atoms with Crippen LogP contribution in [0.5, 0.6) is 11.5 Å². The normalized spacial score (nSPS) is 9.69. The van der Waals surface area contributed by atoms with E-state index in [1.807, 2.05) is 6.92 Å². The molecule has 0 saturated carbocycles. The van der Waals surface area contributed by atoms with Gasteiger partial charge in [-0.2, -0.15) is 0 Å². The number of aromatic hydroxyl groups is 1. The molecule has 13 heavy (non-hydrogen) atoms. The number of halogens is 1. The maximum Gasteiger partial charge on any atom is 0.161 e. The van der Waals surface area contributed by atoms with E-state index in [9.17, 15) is 9.90 Å². The van der Waals surface area contributed by atoms with E-state index < -0.39 is 0 Å². The molecule has 1 rings (SSSR count). The summed E-state index contributed by atoms with van der Waals surface area (Å²) in [5.41, 5.74) is 0.459. The zero-order valence-corrected chi connectivity index (χ0v) is 8.67. The summed E-state index contributed by atoms with van der Waals surface area (Å²) < 4.78 is 5.66. The van der Waals surface area contributed by atoms with E-state index in [1.165, 1.54) is 12.1 Å². The molecule has 1 aromatic carbocycles. The average molecular weight is 245 g/mol. The van der Waals surface area contributed by atoms with Crippen LogP contribution in [0.2, 0.25) is 0 Å². The van der Waals surface area contributed by atoms with Gasteiger partial charge >= 0.3 is 0 Å². The van der Waals surface area contributed by atoms with Crippen LogP contribution in [0.3, 0.4) is 0 Å². The lowest BCUT2D eigenvalue weighted by molar-refractivity contribution is 0.112. The lowest BCUT2D eigenvalue weighted by Crippen LogP contribution is -1.93. The summed E-state index contributed by atoms with van der Waals surface area (Å²) in [6.07, 6.45) is 0.700. The maximum atomic E-state index is 10.5. The van der Waals surface area contributed by atoms with Gasteiger partial charge in [0.1, 0.15) is 0 Å². The van der Waals surface area contributed by atoms with Crippen molar-refractivity contribution < 1.29 is 14.6 Å². The smallest absolute Gasteiger partial charge is 0.161 e. The molecule has 0 bridgehead atoms. The molecule has 0 radical (unpaired) electrons. The summed E-state index contributed by atoms with van der Waals surface area (Å²) in [5, 5.41) is 9.37. The minimum Gasteiger partial charge on any atom is -0.504 e. The first-order chi connectivity index (χ1) is 6.19. The highest BCUT2D eigenvalue weighted by molar-refractivity contribution is 9.10. The highest BCUT2D eigenvalue weighted by Gasteiger charge is 2.07. The van der Waals surface area contributed by atoms with Crippen molar-refractivity contribution in [3.63, 3.8) is 0 Å². The number of ether oxygens (including phenoxy) is 1. The van der Waals surface area contributed by atoms with Crippen LogP contribution in [-0.4, -0.2) is 18.0 Å². The third-order valence-corrected chi connectivity index (χ3v) is 2.19. The first-order valence-corrected chi connectivity index (χ1v) is 4.58. The number of carbonyl (C=O) groups is 1. The summed E-state index contributed by atoms with van der Waals surface area (Å²) in [6.45, 7) is 2.26. The van der Waals surface area contributed by atoms with Crippen LogP contribution in [-0.2, 0) is 0 Å². The number of carbonyl (C=O) groups excluding carboxylic acids is 1. The molecule has 0 spiro atoms. The molecule has 0 aromatic heterocycles. The molecular formula is C9H9BrO3. The van der Waals surface area contributed by atoms with Crippen LogP contribution in [0.1, 0.15) is 17.3 Å². The van der Waals surface area contributed by atoms with E-state index in [2.05, 4.69) is 15.9 Å². The van der Waals surface area contributed by atoms with Gasteiger partial charge < -0.3 is 9.84 Å². The first kappa shape index (κ1) is 10.1. The van der Waals surface area contributed by atoms with Gasteiger partial charge in [-0.1, -0.05) is 0 Å². The summed E-state index contributed by atoms with van der Waals surface area (Å²) >= 11 is 3.15. The van der Waals surface area contributed by atoms with Gasteiger partial charge in [-0.05, 0) is 35.0 Å². The summed E-state index contributed by atoms with van der Waals surface area (Å²) in [6, 6.07) is 2.94. The monoisotopic (exact) mass is 244 g/mol. The highest BCUT2D eigenvalue weighted by atomic mass is 79.9. The van der Waals surface area contributed by atoms with Crippen molar-refractivity contribution in [3.8, 4) is 11.5 Å². The molecule has 0 saturated heterocycles. The summed E-state index contributed by atoms with van der Waals surface area (Å²) in [7, 11) is 0. The molecule has 0 amide bonds. The van der Waals surface area contributed by atoms with Gasteiger partial charge in [-0.15, -0.1) is 0 Å². The zero-order chi connectivity index (χ0) is 9.84. The minimum absolute atomic E-state index is 0.0272. The largest absolute Gasteiger partial charge is 0.504 e. The number of rotatable bonds is 3. The van der Waals surface area contributed by atoms with Gasteiger partial charge in [-0.25, -0.2) is 0 Å². The molecule has 3 nitrogen and oxygen atoms in total. The van der Waals surface area contributed by atoms with Gasteiger partial charge in [0, 0.05) is 10.0 Å². The zero-order valence-electron chi connectivity index (χ0n) is 7.08. The van der Waals surface area contributed by atoms with Crippen molar-refractivity contribution in [2.45, 2.75) is 6.92 Å². The van der Waals surface area contributed by atoms with Crippen molar-refractivity contribution in [1.29, 1.82) is 0 Å². The average Bonchev–Trinajstić information content (AvgIpc) is 2.10. The molecule has 0 heterocycles. The Kier molecular flexibility index (Phi) is 3.31. The van der Waals surface area contributed by atoms with Gasteiger partial charge in [0.15, 0.2) is 17.8 Å². The van der Waals surface area contributed by atoms with Crippen molar-refractivity contribution in [2.24, 2.45) is 0 Å². The van der Waals surface area contributed by atoms with E-state index >= 15 is 0 Å². The van der Waals surface area contributed by atoms with Crippen molar-refractivity contribution >= 4 is 22.2 Å². The Morgan fingerprint density at radius 2 is 2.31 bits per heavy atom. The highest BCUT2D eigenvalue weighted by Crippen LogP contribution is 2.31. The number of hydrogen-bond acceptors (Lipinski definition) is 3. The molecule has 0 aliphatic heterocycles. The predicted molar refractivity (Wildman–Crippen MR) is 52.4 cm³/mol. The molecule has 0 aliphatic carbocycles. The van der Waals surface area contributed by atoms with Gasteiger partial charge in [0.05, 0.1) is 6.61 Å². The van der Waals surface area contributed by atoms with Crippen LogP contribution in [0.25, 0.3) is 0 Å². The van der Waals surface area contributed by atoms with Crippen LogP contribution in [0, 0.1) is 0 Å². The third kappa shape index (κ3) is 2.21. The van der Waals surface area contributed by atoms with Crippen LogP contribution < -0.4 is 4.74 Å². The number of phenols is 1. The van der Waals surface area contributed by atoms with E-state index in [1.54, 1.807) is 0 Å². The van der Waals surface area contributed by atoms with Crippen molar-refractivity contribution in [2.75, 3.05) is 6.61 Å². The Morgan fingerprint density at radius 1 is 1.62 bits per heavy atom. The molecule has 0 unspecified atom stereocenters. The Hall–Kier alpha value is -1.03. The molecule has 0 aliphatic rings. The van der Waals surface area contributed by atoms with E-state index in [-0.39, 0.29) is 5.75 Å². The molecule has 1 N–H and O–H groups in total. The lowest BCUT2D eigenvalue weighted by Gasteiger charge is -2.06. The van der Waals surface area contributed by atoms with Crippen molar-refractivity contribution in [3.05, 3.63) is 22.2 Å². The fraction of sp³-hybridized carbons (Fsp3) is 0.222. The first-order valence-electron chi connectivity index (χ1n) is 3.79. The van der Waals surface area contributed by atoms with Gasteiger partial charge in [0.25, 0.3) is 0 Å². The number of hydrogen-bond donors (Lipinski definition) is 1. The van der Waals surface area contributed by atoms with Crippen LogP contribution >= 0.6 is 15.9 Å². The maximum absolute atomic E-state index is 10.5. The Bertz CT molecular complexity index is 323. The third-order valence-electron chi connectivity index (χ3n) is 1.51. The number of aldehydes is 1. The van der Waals surface area contributed by atoms with Crippen molar-refractivity contribution in [1.82, 2.24) is 0 Å². The van der Waals surface area contributed by atoms with Gasteiger partial charge in [-0.3, -0.25) is 4.79 Å². The standard InChI is InChI=1S/C9H9BrO3/c1-2-13-9-3-6(5-11)7(10)4-8(9)12/h3-5,12H,2H2,1H3. The second-order valence-electron chi connectivity index (χ2n) is 2.39. The molecule has 0 fully saturated rings. The Labute approximate surface area is 84.5 Å². The van der Waals surface area contributed by atoms with E-state index in [4.69, 9.17) is 4.74 Å². The number of benzene rings is 1.